The Morgan fingerprint density at radius 1 is 1.06 bits per heavy atom. The maximum atomic E-state index is 13.8. The number of carbonyl (C=O) groups excluding carboxylic acids is 4. The molecule has 0 radical (unpaired) electrons. The summed E-state index contributed by atoms with van der Waals surface area (Å²) in [6.07, 6.45) is -12.8. The van der Waals surface area contributed by atoms with Crippen LogP contribution in [0.2, 0.25) is 0 Å². The minimum absolute atomic E-state index is 0.00772. The summed E-state index contributed by atoms with van der Waals surface area (Å²) >= 11 is 0. The molecule has 6 aliphatic rings. The fraction of sp³-hybridized carbons (Fsp3) is 0.765. The van der Waals surface area contributed by atoms with E-state index in [2.05, 4.69) is 0 Å². The van der Waals surface area contributed by atoms with E-state index in [0.717, 1.165) is 13.2 Å². The lowest BCUT2D eigenvalue weighted by Crippen LogP contribution is -2.79. The van der Waals surface area contributed by atoms with Crippen LogP contribution in [-0.2, 0) is 47.6 Å². The summed E-state index contributed by atoms with van der Waals surface area (Å²) in [5.41, 5.74) is -6.49. The largest absolute Gasteiger partial charge is 0.467 e. The minimum atomic E-state index is -2.40. The van der Waals surface area contributed by atoms with Gasteiger partial charge in [-0.2, -0.15) is 0 Å². The van der Waals surface area contributed by atoms with Crippen molar-refractivity contribution < 1.29 is 83.3 Å². The molecule has 3 aliphatic heterocycles. The number of ketones is 1. The first kappa shape index (κ1) is 37.7. The van der Waals surface area contributed by atoms with Crippen LogP contribution < -0.4 is 0 Å². The molecule has 3 aliphatic carbocycles. The Bertz CT molecular complexity index is 1530. The van der Waals surface area contributed by atoms with Gasteiger partial charge in [-0.05, 0) is 50.2 Å². The van der Waals surface area contributed by atoms with Crippen LogP contribution in [0.1, 0.15) is 41.0 Å². The number of fused-ring (bicyclic) bond motifs is 2. The number of hydrogen-bond donors (Lipinski definition) is 7. The molecule has 16 atom stereocenters. The van der Waals surface area contributed by atoms with Gasteiger partial charge in [-0.15, -0.1) is 0 Å². The molecule has 6 rings (SSSR count). The molecular weight excluding hydrogens is 680 g/mol. The molecule has 4 unspecified atom stereocenters. The van der Waals surface area contributed by atoms with Crippen molar-refractivity contribution in [1.29, 1.82) is 0 Å². The molecule has 2 saturated carbocycles. The van der Waals surface area contributed by atoms with Gasteiger partial charge in [0.25, 0.3) is 0 Å². The number of hydrogen-bond acceptors (Lipinski definition) is 17. The summed E-state index contributed by atoms with van der Waals surface area (Å²) < 4.78 is 34.2. The Labute approximate surface area is 292 Å². The molecule has 0 amide bonds. The van der Waals surface area contributed by atoms with Gasteiger partial charge in [0.2, 0.25) is 18.0 Å². The van der Waals surface area contributed by atoms with Crippen molar-refractivity contribution in [3.8, 4) is 0 Å². The van der Waals surface area contributed by atoms with Crippen LogP contribution in [-0.4, -0.2) is 146 Å². The minimum Gasteiger partial charge on any atom is -0.467 e. The van der Waals surface area contributed by atoms with E-state index in [4.69, 9.17) is 28.4 Å². The first-order chi connectivity index (χ1) is 23.7. The van der Waals surface area contributed by atoms with Crippen molar-refractivity contribution in [2.45, 2.75) is 107 Å². The van der Waals surface area contributed by atoms with E-state index in [0.29, 0.717) is 0 Å². The topological polar surface area (TPSA) is 265 Å². The molecule has 17 heteroatoms. The summed E-state index contributed by atoms with van der Waals surface area (Å²) in [5, 5.41) is 75.2. The Morgan fingerprint density at radius 3 is 2.33 bits per heavy atom. The third-order valence-electron chi connectivity index (χ3n) is 12.5. The van der Waals surface area contributed by atoms with Crippen molar-refractivity contribution in [3.63, 3.8) is 0 Å². The first-order valence-electron chi connectivity index (χ1n) is 16.9. The smallest absolute Gasteiger partial charge is 0.348 e. The monoisotopic (exact) mass is 726 g/mol. The summed E-state index contributed by atoms with van der Waals surface area (Å²) in [4.78, 5) is 54.5. The first-order valence-corrected chi connectivity index (χ1v) is 16.9. The molecule has 0 aromatic heterocycles. The van der Waals surface area contributed by atoms with Gasteiger partial charge < -0.3 is 64.2 Å². The normalized spacial score (nSPS) is 47.7. The number of Topliss-reactive ketones (excluding diaryl/α,β-unsaturated/α-hetero) is 1. The van der Waals surface area contributed by atoms with Gasteiger partial charge in [-0.25, -0.2) is 14.4 Å². The van der Waals surface area contributed by atoms with Crippen molar-refractivity contribution in [3.05, 3.63) is 23.5 Å². The van der Waals surface area contributed by atoms with Crippen LogP contribution in [0.3, 0.4) is 0 Å². The van der Waals surface area contributed by atoms with E-state index < -0.39 is 131 Å². The third-order valence-corrected chi connectivity index (χ3v) is 12.5. The second-order valence-corrected chi connectivity index (χ2v) is 15.4. The van der Waals surface area contributed by atoms with Gasteiger partial charge in [-0.1, -0.05) is 13.8 Å². The fourth-order valence-corrected chi connectivity index (χ4v) is 9.69. The predicted molar refractivity (Wildman–Crippen MR) is 165 cm³/mol. The van der Waals surface area contributed by atoms with E-state index >= 15 is 0 Å². The lowest BCUT2D eigenvalue weighted by molar-refractivity contribution is -0.296. The van der Waals surface area contributed by atoms with E-state index in [-0.39, 0.29) is 24.4 Å². The van der Waals surface area contributed by atoms with Crippen LogP contribution in [0.5, 0.6) is 0 Å². The average Bonchev–Trinajstić information content (AvgIpc) is 3.37. The standard InChI is InChI=1S/C34H46O17/c1-12(31(3,4)45)7-18(36)51-24-26-33-11-47-34(26,30(44)46-6)27(42)23(41)25(33)32(5)9-15(19(37)13(2)14(32)8-17(33)50-28(24)43)48-29-22(40)21(39)20(38)16(10-35)49-29/h7,9,13-14,16-17,20-27,29,35,38-42,45H,8,10-11H2,1-6H3/b12-7+/t13?,14?,16-,17-,20-,21+,22-,23-,24-,25?,26-,27?,29-,32+,33-,34+/m1/s1. The number of methoxy groups -OCH3 is 1. The summed E-state index contributed by atoms with van der Waals surface area (Å²) in [6.45, 7) is 6.50. The van der Waals surface area contributed by atoms with E-state index in [1.54, 1.807) is 13.8 Å². The number of carbonyl (C=O) groups is 4. The Balaban J connectivity index is 1.47. The summed E-state index contributed by atoms with van der Waals surface area (Å²) in [5.74, 6) is -8.35. The van der Waals surface area contributed by atoms with Gasteiger partial charge in [-0.3, -0.25) is 4.79 Å². The number of aliphatic hydroxyl groups excluding tert-OH is 6. The van der Waals surface area contributed by atoms with E-state index in [1.807, 2.05) is 0 Å². The fourth-order valence-electron chi connectivity index (χ4n) is 9.69. The zero-order chi connectivity index (χ0) is 37.7. The van der Waals surface area contributed by atoms with E-state index in [1.165, 1.54) is 26.8 Å². The van der Waals surface area contributed by atoms with Crippen molar-refractivity contribution >= 4 is 23.7 Å². The molecular formula is C34H46O17. The molecule has 51 heavy (non-hydrogen) atoms. The molecule has 0 aromatic carbocycles. The molecule has 3 heterocycles. The quantitative estimate of drug-likeness (QED) is 0.0804. The predicted octanol–water partition coefficient (Wildman–Crippen LogP) is -2.62. The zero-order valence-electron chi connectivity index (χ0n) is 29.0. The summed E-state index contributed by atoms with van der Waals surface area (Å²) in [7, 11) is 1.03. The van der Waals surface area contributed by atoms with Crippen LogP contribution >= 0.6 is 0 Å². The third kappa shape index (κ3) is 5.22. The van der Waals surface area contributed by atoms with Crippen LogP contribution in [0, 0.1) is 34.5 Å². The molecule has 0 aromatic rings. The maximum Gasteiger partial charge on any atom is 0.348 e. The van der Waals surface area contributed by atoms with E-state index in [9.17, 15) is 54.9 Å². The van der Waals surface area contributed by atoms with Gasteiger partial charge in [0, 0.05) is 23.3 Å². The number of aliphatic hydroxyl groups is 7. The highest BCUT2D eigenvalue weighted by atomic mass is 16.7. The highest BCUT2D eigenvalue weighted by Gasteiger charge is 2.85. The lowest BCUT2D eigenvalue weighted by atomic mass is 9.38. The molecule has 5 fully saturated rings. The second kappa shape index (κ2) is 12.6. The molecule has 284 valence electrons. The number of allylic oxidation sites excluding steroid dienone is 2. The van der Waals surface area contributed by atoms with Gasteiger partial charge in [0.1, 0.15) is 36.6 Å². The SMILES string of the molecule is COC(=O)[C@@]12OC[C@]34C([C@@H](O)C1O)[C@@]1(C)C=C(O[C@@H]5O[C@H](CO)[C@@H](O)[C@H](O)[C@H]5O)C(=O)C(C)C1C[C@H]3OC(=O)[C@H](OC(=O)/C=C(\C)C(C)(C)O)[C@H]42. The maximum absolute atomic E-state index is 13.8. The second-order valence-electron chi connectivity index (χ2n) is 15.4. The van der Waals surface area contributed by atoms with Crippen LogP contribution in [0.25, 0.3) is 0 Å². The number of ether oxygens (including phenoxy) is 6. The van der Waals surface area contributed by atoms with Crippen molar-refractivity contribution in [2.75, 3.05) is 20.3 Å². The highest BCUT2D eigenvalue weighted by Crippen LogP contribution is 2.72. The highest BCUT2D eigenvalue weighted by molar-refractivity contribution is 5.97. The van der Waals surface area contributed by atoms with Gasteiger partial charge >= 0.3 is 17.9 Å². The zero-order valence-corrected chi connectivity index (χ0v) is 29.0. The Hall–Kier alpha value is -3.00. The van der Waals surface area contributed by atoms with Crippen LogP contribution in [0.15, 0.2) is 23.5 Å². The number of esters is 3. The molecule has 3 saturated heterocycles. The molecule has 2 bridgehead atoms. The number of rotatable bonds is 7. The molecule has 7 N–H and O–H groups in total. The van der Waals surface area contributed by atoms with Gasteiger partial charge in [0.05, 0.1) is 37.9 Å². The molecule has 1 spiro atoms. The van der Waals surface area contributed by atoms with Crippen molar-refractivity contribution in [1.82, 2.24) is 0 Å². The van der Waals surface area contributed by atoms with Crippen molar-refractivity contribution in [2.24, 2.45) is 34.5 Å². The average molecular weight is 727 g/mol. The lowest BCUT2D eigenvalue weighted by Gasteiger charge is -2.67. The Kier molecular flexibility index (Phi) is 9.29. The van der Waals surface area contributed by atoms with Gasteiger partial charge in [0.15, 0.2) is 11.5 Å². The molecule has 17 nitrogen and oxygen atoms in total. The Morgan fingerprint density at radius 2 is 1.73 bits per heavy atom. The summed E-state index contributed by atoms with van der Waals surface area (Å²) in [6, 6.07) is 0. The van der Waals surface area contributed by atoms with Crippen LogP contribution in [0.4, 0.5) is 0 Å².